The van der Waals surface area contributed by atoms with Crippen molar-refractivity contribution in [2.45, 2.75) is 58.0 Å². The van der Waals surface area contributed by atoms with Crippen molar-refractivity contribution in [1.29, 1.82) is 0 Å². The van der Waals surface area contributed by atoms with Crippen molar-refractivity contribution in [3.63, 3.8) is 0 Å². The van der Waals surface area contributed by atoms with Crippen molar-refractivity contribution in [3.05, 3.63) is 85.2 Å². The van der Waals surface area contributed by atoms with Gasteiger partial charge >= 0.3 is 5.97 Å². The van der Waals surface area contributed by atoms with Crippen molar-refractivity contribution in [1.82, 2.24) is 5.32 Å². The normalized spacial score (nSPS) is 19.7. The summed E-state index contributed by atoms with van der Waals surface area (Å²) in [7, 11) is 3.12. The summed E-state index contributed by atoms with van der Waals surface area (Å²) in [5.74, 6) is -0.563. The van der Waals surface area contributed by atoms with Gasteiger partial charge in [0, 0.05) is 35.4 Å². The molecule has 2 aromatic carbocycles. The highest BCUT2D eigenvalue weighted by Gasteiger charge is 2.42. The van der Waals surface area contributed by atoms with E-state index in [0.717, 1.165) is 5.56 Å². The zero-order chi connectivity index (χ0) is 28.4. The number of nitro groups is 1. The number of benzene rings is 2. The molecule has 10 heteroatoms. The van der Waals surface area contributed by atoms with E-state index in [1.54, 1.807) is 40.2 Å². The predicted octanol–water partition coefficient (Wildman–Crippen LogP) is 5.97. The summed E-state index contributed by atoms with van der Waals surface area (Å²) < 4.78 is 16.5. The first-order chi connectivity index (χ1) is 18.6. The summed E-state index contributed by atoms with van der Waals surface area (Å²) in [4.78, 5) is 38.3. The number of carbonyl (C=O) groups excluding carboxylic acids is 2. The van der Waals surface area contributed by atoms with E-state index in [-0.39, 0.29) is 40.5 Å². The number of esters is 1. The average Bonchev–Trinajstić information content (AvgIpc) is 2.91. The number of ether oxygens (including phenoxy) is 3. The molecule has 0 radical (unpaired) electrons. The SMILES string of the molecule is CC[C@@H](C)OC(=O)C1=C(C)NC2=C(C(=O)C[C@H](c3ccc(OC)c(OC)c3)C2)[C@H]1c1ccc(Cl)c([N+](=O)[O-])c1. The summed E-state index contributed by atoms with van der Waals surface area (Å²) in [5, 5.41) is 14.9. The first-order valence-corrected chi connectivity index (χ1v) is 13.1. The standard InChI is InChI=1S/C29H31ClN2O7/c1-6-15(2)39-29(34)26-16(3)31-21-11-19(17-8-10-24(37-4)25(14-17)38-5)13-23(33)28(21)27(26)18-7-9-20(30)22(12-18)32(35)36/h7-10,12,14-15,19,27,31H,6,11,13H2,1-5H3/t15-,19-,27+/m1/s1. The highest BCUT2D eigenvalue weighted by Crippen LogP contribution is 2.47. The minimum absolute atomic E-state index is 0.0280. The van der Waals surface area contributed by atoms with E-state index in [0.29, 0.717) is 46.9 Å². The Morgan fingerprint density at radius 1 is 1.13 bits per heavy atom. The van der Waals surface area contributed by atoms with Crippen LogP contribution in [0.5, 0.6) is 11.5 Å². The van der Waals surface area contributed by atoms with Crippen LogP contribution in [0.1, 0.15) is 63.0 Å². The van der Waals surface area contributed by atoms with Crippen LogP contribution in [0.15, 0.2) is 58.9 Å². The Bertz CT molecular complexity index is 1400. The number of nitro benzene ring substituents is 1. The zero-order valence-electron chi connectivity index (χ0n) is 22.5. The largest absolute Gasteiger partial charge is 0.493 e. The van der Waals surface area contributed by atoms with Crippen molar-refractivity contribution in [3.8, 4) is 11.5 Å². The molecule has 1 N–H and O–H groups in total. The van der Waals surface area contributed by atoms with Crippen LogP contribution in [-0.2, 0) is 14.3 Å². The minimum atomic E-state index is -0.840. The van der Waals surface area contributed by atoms with Gasteiger partial charge in [-0.1, -0.05) is 30.7 Å². The Hall–Kier alpha value is -3.85. The second-order valence-electron chi connectivity index (χ2n) is 9.72. The molecular weight excluding hydrogens is 524 g/mol. The second-order valence-corrected chi connectivity index (χ2v) is 10.1. The van der Waals surface area contributed by atoms with Crippen LogP contribution in [-0.4, -0.2) is 37.0 Å². The predicted molar refractivity (Wildman–Crippen MR) is 146 cm³/mol. The number of rotatable bonds is 8. The Morgan fingerprint density at radius 2 is 1.82 bits per heavy atom. The third-order valence-corrected chi connectivity index (χ3v) is 7.63. The summed E-state index contributed by atoms with van der Waals surface area (Å²) >= 11 is 6.09. The fourth-order valence-electron chi connectivity index (χ4n) is 5.16. The van der Waals surface area contributed by atoms with Crippen molar-refractivity contribution in [2.24, 2.45) is 0 Å². The molecule has 0 bridgehead atoms. The third-order valence-electron chi connectivity index (χ3n) is 7.31. The minimum Gasteiger partial charge on any atom is -0.493 e. The molecule has 2 aromatic rings. The summed E-state index contributed by atoms with van der Waals surface area (Å²) in [6.07, 6.45) is 0.954. The van der Waals surface area contributed by atoms with E-state index < -0.39 is 16.8 Å². The number of nitrogens with one attached hydrogen (secondary N) is 1. The Morgan fingerprint density at radius 3 is 2.46 bits per heavy atom. The molecule has 0 aromatic heterocycles. The summed E-state index contributed by atoms with van der Waals surface area (Å²) in [6.45, 7) is 5.44. The molecular formula is C29H31ClN2O7. The van der Waals surface area contributed by atoms with E-state index in [2.05, 4.69) is 5.32 Å². The van der Waals surface area contributed by atoms with Gasteiger partial charge < -0.3 is 19.5 Å². The number of dihydropyridines is 1. The molecule has 206 valence electrons. The van der Waals surface area contributed by atoms with Crippen molar-refractivity contribution >= 4 is 29.0 Å². The van der Waals surface area contributed by atoms with Gasteiger partial charge in [0.2, 0.25) is 0 Å². The van der Waals surface area contributed by atoms with Gasteiger partial charge in [0.05, 0.1) is 30.8 Å². The first-order valence-electron chi connectivity index (χ1n) is 12.7. The lowest BCUT2D eigenvalue weighted by Gasteiger charge is -2.37. The van der Waals surface area contributed by atoms with Crippen LogP contribution in [0.25, 0.3) is 0 Å². The van der Waals surface area contributed by atoms with E-state index in [1.807, 2.05) is 19.1 Å². The highest BCUT2D eigenvalue weighted by molar-refractivity contribution is 6.32. The number of methoxy groups -OCH3 is 2. The monoisotopic (exact) mass is 554 g/mol. The number of carbonyl (C=O) groups is 2. The lowest BCUT2D eigenvalue weighted by molar-refractivity contribution is -0.384. The van der Waals surface area contributed by atoms with Gasteiger partial charge in [-0.3, -0.25) is 14.9 Å². The number of allylic oxidation sites excluding steroid dienone is 3. The molecule has 1 heterocycles. The van der Waals surface area contributed by atoms with Crippen LogP contribution in [0, 0.1) is 10.1 Å². The number of halogens is 1. The van der Waals surface area contributed by atoms with Gasteiger partial charge in [-0.25, -0.2) is 4.79 Å². The summed E-state index contributed by atoms with van der Waals surface area (Å²) in [6, 6.07) is 9.95. The van der Waals surface area contributed by atoms with Gasteiger partial charge in [0.25, 0.3) is 5.69 Å². The molecule has 0 fully saturated rings. The number of hydrogen-bond donors (Lipinski definition) is 1. The van der Waals surface area contributed by atoms with Gasteiger partial charge in [0.15, 0.2) is 17.3 Å². The average molecular weight is 555 g/mol. The maximum absolute atomic E-state index is 13.8. The Kier molecular flexibility index (Phi) is 8.30. The fourth-order valence-corrected chi connectivity index (χ4v) is 5.35. The second kappa shape index (κ2) is 11.5. The van der Waals surface area contributed by atoms with E-state index in [1.165, 1.54) is 12.1 Å². The van der Waals surface area contributed by atoms with Gasteiger partial charge in [-0.05, 0) is 61.9 Å². The van der Waals surface area contributed by atoms with Crippen LogP contribution >= 0.6 is 11.6 Å². The van der Waals surface area contributed by atoms with Crippen molar-refractivity contribution < 1.29 is 28.7 Å². The molecule has 39 heavy (non-hydrogen) atoms. The van der Waals surface area contributed by atoms with Crippen molar-refractivity contribution in [2.75, 3.05) is 14.2 Å². The quantitative estimate of drug-likeness (QED) is 0.241. The molecule has 0 saturated heterocycles. The molecule has 3 atom stereocenters. The summed E-state index contributed by atoms with van der Waals surface area (Å²) in [5.41, 5.74) is 2.91. The number of hydrogen-bond acceptors (Lipinski definition) is 8. The van der Waals surface area contributed by atoms with Crippen LogP contribution < -0.4 is 14.8 Å². The fraction of sp³-hybridized carbons (Fsp3) is 0.379. The third kappa shape index (κ3) is 5.49. The lowest BCUT2D eigenvalue weighted by atomic mass is 9.71. The zero-order valence-corrected chi connectivity index (χ0v) is 23.3. The molecule has 2 aliphatic rings. The maximum Gasteiger partial charge on any atom is 0.337 e. The molecule has 1 aliphatic heterocycles. The van der Waals surface area contributed by atoms with E-state index >= 15 is 0 Å². The molecule has 0 unspecified atom stereocenters. The maximum atomic E-state index is 13.8. The Labute approximate surface area is 231 Å². The molecule has 0 saturated carbocycles. The molecule has 0 spiro atoms. The smallest absolute Gasteiger partial charge is 0.337 e. The van der Waals surface area contributed by atoms with Gasteiger partial charge in [-0.15, -0.1) is 0 Å². The highest BCUT2D eigenvalue weighted by atomic mass is 35.5. The molecule has 0 amide bonds. The number of nitrogens with zero attached hydrogens (tertiary/aromatic N) is 1. The van der Waals surface area contributed by atoms with Crippen LogP contribution in [0.3, 0.4) is 0 Å². The molecule has 4 rings (SSSR count). The van der Waals surface area contributed by atoms with Gasteiger partial charge in [-0.2, -0.15) is 0 Å². The van der Waals surface area contributed by atoms with Gasteiger partial charge in [0.1, 0.15) is 5.02 Å². The Balaban J connectivity index is 1.82. The molecule has 9 nitrogen and oxygen atoms in total. The lowest BCUT2D eigenvalue weighted by Crippen LogP contribution is -2.36. The van der Waals surface area contributed by atoms with E-state index in [4.69, 9.17) is 25.8 Å². The first kappa shape index (κ1) is 28.2. The number of Topliss-reactive ketones (excluding diaryl/α,β-unsaturated/α-hetero) is 1. The number of ketones is 1. The van der Waals surface area contributed by atoms with Crippen LogP contribution in [0.2, 0.25) is 5.02 Å². The topological polar surface area (TPSA) is 117 Å². The van der Waals surface area contributed by atoms with E-state index in [9.17, 15) is 19.7 Å². The van der Waals surface area contributed by atoms with Crippen LogP contribution in [0.4, 0.5) is 5.69 Å². The molecule has 1 aliphatic carbocycles.